The van der Waals surface area contributed by atoms with E-state index in [9.17, 15) is 0 Å². The average Bonchev–Trinajstić information content (AvgIpc) is 2.74. The van der Waals surface area contributed by atoms with Crippen molar-refractivity contribution in [1.29, 1.82) is 0 Å². The van der Waals surface area contributed by atoms with Gasteiger partial charge >= 0.3 is 0 Å². The van der Waals surface area contributed by atoms with Gasteiger partial charge in [0.05, 0.1) is 0 Å². The van der Waals surface area contributed by atoms with Crippen molar-refractivity contribution in [3.63, 3.8) is 0 Å². The van der Waals surface area contributed by atoms with Crippen molar-refractivity contribution in [2.45, 2.75) is 50.2 Å². The van der Waals surface area contributed by atoms with Crippen molar-refractivity contribution < 1.29 is 0 Å². The second kappa shape index (κ2) is 4.11. The lowest BCUT2D eigenvalue weighted by Crippen LogP contribution is -2.42. The van der Waals surface area contributed by atoms with Crippen LogP contribution in [0.4, 0.5) is 0 Å². The predicted molar refractivity (Wildman–Crippen MR) is 62.6 cm³/mol. The summed E-state index contributed by atoms with van der Waals surface area (Å²) >= 11 is 0. The Bertz CT molecular complexity index is 276. The number of nitrogens with zero attached hydrogens (tertiary/aromatic N) is 1. The van der Waals surface area contributed by atoms with Crippen LogP contribution in [0.25, 0.3) is 0 Å². The van der Waals surface area contributed by atoms with E-state index >= 15 is 0 Å². The molecule has 3 rings (SSSR count). The van der Waals surface area contributed by atoms with E-state index in [0.29, 0.717) is 12.1 Å². The van der Waals surface area contributed by atoms with Gasteiger partial charge in [0.1, 0.15) is 0 Å². The molecule has 2 unspecified atom stereocenters. The summed E-state index contributed by atoms with van der Waals surface area (Å²) in [5.41, 5.74) is 0. The summed E-state index contributed by atoms with van der Waals surface area (Å²) in [7, 11) is 0. The second-order valence-electron chi connectivity index (χ2n) is 4.95. The van der Waals surface area contributed by atoms with Crippen LogP contribution in [0.3, 0.4) is 0 Å². The molecule has 0 aromatic carbocycles. The average molecular weight is 204 g/mol. The first-order valence-electron chi connectivity index (χ1n) is 6.29. The molecule has 15 heavy (non-hydrogen) atoms. The van der Waals surface area contributed by atoms with E-state index < -0.39 is 0 Å². The monoisotopic (exact) mass is 204 g/mol. The van der Waals surface area contributed by atoms with Crippen LogP contribution in [0.1, 0.15) is 32.1 Å². The number of hydrogen-bond acceptors (Lipinski definition) is 2. The molecule has 0 bridgehead atoms. The van der Waals surface area contributed by atoms with Gasteiger partial charge in [-0.25, -0.2) is 0 Å². The van der Waals surface area contributed by atoms with Crippen molar-refractivity contribution in [3.05, 3.63) is 24.3 Å². The number of allylic oxidation sites excluding steroid dienone is 2. The fourth-order valence-electron chi connectivity index (χ4n) is 3.20. The molecule has 1 N–H and O–H groups in total. The van der Waals surface area contributed by atoms with E-state index in [4.69, 9.17) is 0 Å². The third kappa shape index (κ3) is 1.77. The molecule has 1 saturated carbocycles. The van der Waals surface area contributed by atoms with E-state index in [1.807, 2.05) is 0 Å². The van der Waals surface area contributed by atoms with E-state index in [1.165, 1.54) is 32.1 Å². The molecule has 0 radical (unpaired) electrons. The zero-order valence-corrected chi connectivity index (χ0v) is 9.23. The van der Waals surface area contributed by atoms with Crippen LogP contribution in [-0.4, -0.2) is 29.7 Å². The molecule has 2 heteroatoms. The molecule has 3 aliphatic rings. The third-order valence-electron chi connectivity index (χ3n) is 4.04. The minimum atomic E-state index is 0.567. The topological polar surface area (TPSA) is 15.3 Å². The summed E-state index contributed by atoms with van der Waals surface area (Å²) in [4.78, 5) is 2.67. The summed E-state index contributed by atoms with van der Waals surface area (Å²) in [6.07, 6.45) is 16.1. The molecule has 0 aromatic heterocycles. The standard InChI is InChI=1S/C13H20N2/c1-2-6-11(7-3-1)15-10-14-12-8-4-5-9-13(12)15/h4-5,8-9,11-14H,1-3,6-7,10H2. The Kier molecular flexibility index (Phi) is 2.63. The summed E-state index contributed by atoms with van der Waals surface area (Å²) in [5, 5.41) is 3.59. The van der Waals surface area contributed by atoms with E-state index in [2.05, 4.69) is 34.5 Å². The normalized spacial score (nSPS) is 37.1. The minimum absolute atomic E-state index is 0.567. The van der Waals surface area contributed by atoms with Crippen molar-refractivity contribution >= 4 is 0 Å². The Morgan fingerprint density at radius 1 is 1.00 bits per heavy atom. The Balaban J connectivity index is 1.71. The summed E-state index contributed by atoms with van der Waals surface area (Å²) in [5.74, 6) is 0. The maximum atomic E-state index is 3.59. The van der Waals surface area contributed by atoms with Crippen LogP contribution < -0.4 is 5.32 Å². The quantitative estimate of drug-likeness (QED) is 0.703. The lowest BCUT2D eigenvalue weighted by molar-refractivity contribution is 0.159. The van der Waals surface area contributed by atoms with Gasteiger partial charge in [0.15, 0.2) is 0 Å². The molecular formula is C13H20N2. The highest BCUT2D eigenvalue weighted by Gasteiger charge is 2.35. The van der Waals surface area contributed by atoms with Crippen LogP contribution in [0, 0.1) is 0 Å². The van der Waals surface area contributed by atoms with Gasteiger partial charge in [-0.15, -0.1) is 0 Å². The van der Waals surface area contributed by atoms with Crippen LogP contribution >= 0.6 is 0 Å². The van der Waals surface area contributed by atoms with Gasteiger partial charge in [0.2, 0.25) is 0 Å². The maximum absolute atomic E-state index is 3.59. The summed E-state index contributed by atoms with van der Waals surface area (Å²) in [6.45, 7) is 1.08. The molecule has 0 aromatic rings. The van der Waals surface area contributed by atoms with Crippen LogP contribution in [0.5, 0.6) is 0 Å². The lowest BCUT2D eigenvalue weighted by atomic mass is 9.92. The molecule has 2 fully saturated rings. The molecule has 0 amide bonds. The fourth-order valence-corrected chi connectivity index (χ4v) is 3.20. The molecule has 82 valence electrons. The smallest absolute Gasteiger partial charge is 0.0494 e. The molecule has 2 nitrogen and oxygen atoms in total. The maximum Gasteiger partial charge on any atom is 0.0494 e. The van der Waals surface area contributed by atoms with Gasteiger partial charge in [-0.3, -0.25) is 10.2 Å². The molecule has 1 heterocycles. The highest BCUT2D eigenvalue weighted by molar-refractivity contribution is 5.22. The van der Waals surface area contributed by atoms with Gasteiger partial charge < -0.3 is 0 Å². The van der Waals surface area contributed by atoms with E-state index in [1.54, 1.807) is 0 Å². The predicted octanol–water partition coefficient (Wildman–Crippen LogP) is 2.04. The minimum Gasteiger partial charge on any atom is -0.296 e. The first-order chi connectivity index (χ1) is 7.45. The summed E-state index contributed by atoms with van der Waals surface area (Å²) < 4.78 is 0. The van der Waals surface area contributed by atoms with Gasteiger partial charge in [-0.2, -0.15) is 0 Å². The van der Waals surface area contributed by atoms with Gasteiger partial charge in [0, 0.05) is 24.8 Å². The summed E-state index contributed by atoms with van der Waals surface area (Å²) in [6, 6.07) is 2.02. The molecule has 2 aliphatic carbocycles. The van der Waals surface area contributed by atoms with Gasteiger partial charge in [0.25, 0.3) is 0 Å². The second-order valence-corrected chi connectivity index (χ2v) is 4.95. The van der Waals surface area contributed by atoms with Crippen LogP contribution in [-0.2, 0) is 0 Å². The first-order valence-corrected chi connectivity index (χ1v) is 6.29. The number of nitrogens with one attached hydrogen (secondary N) is 1. The van der Waals surface area contributed by atoms with Crippen molar-refractivity contribution in [2.75, 3.05) is 6.67 Å². The Morgan fingerprint density at radius 2 is 1.80 bits per heavy atom. The zero-order chi connectivity index (χ0) is 10.1. The molecule has 2 atom stereocenters. The molecule has 0 spiro atoms. The third-order valence-corrected chi connectivity index (χ3v) is 4.04. The fraction of sp³-hybridized carbons (Fsp3) is 0.692. The van der Waals surface area contributed by atoms with Gasteiger partial charge in [-0.05, 0) is 12.8 Å². The number of fused-ring (bicyclic) bond motifs is 1. The Morgan fingerprint density at radius 3 is 2.67 bits per heavy atom. The van der Waals surface area contributed by atoms with Crippen molar-refractivity contribution in [3.8, 4) is 0 Å². The molecule has 1 saturated heterocycles. The lowest BCUT2D eigenvalue weighted by Gasteiger charge is -2.34. The van der Waals surface area contributed by atoms with Crippen LogP contribution in [0.15, 0.2) is 24.3 Å². The number of hydrogen-bond donors (Lipinski definition) is 1. The van der Waals surface area contributed by atoms with Crippen LogP contribution in [0.2, 0.25) is 0 Å². The van der Waals surface area contributed by atoms with E-state index in [-0.39, 0.29) is 0 Å². The SMILES string of the molecule is C1=CC2NCN(C3CCCCC3)C2C=C1. The molecule has 1 aliphatic heterocycles. The first kappa shape index (κ1) is 9.61. The zero-order valence-electron chi connectivity index (χ0n) is 9.23. The van der Waals surface area contributed by atoms with E-state index in [0.717, 1.165) is 12.7 Å². The van der Waals surface area contributed by atoms with Crippen molar-refractivity contribution in [2.24, 2.45) is 0 Å². The largest absolute Gasteiger partial charge is 0.296 e. The highest BCUT2D eigenvalue weighted by atomic mass is 15.3. The molecular weight excluding hydrogens is 184 g/mol. The number of rotatable bonds is 1. The Labute approximate surface area is 92.0 Å². The van der Waals surface area contributed by atoms with Gasteiger partial charge in [-0.1, -0.05) is 43.6 Å². The van der Waals surface area contributed by atoms with Crippen molar-refractivity contribution in [1.82, 2.24) is 10.2 Å². The highest BCUT2D eigenvalue weighted by Crippen LogP contribution is 2.28. The Hall–Kier alpha value is -0.600.